The lowest BCUT2D eigenvalue weighted by molar-refractivity contribution is -0.0990. The van der Waals surface area contributed by atoms with E-state index < -0.39 is 0 Å². The van der Waals surface area contributed by atoms with Crippen molar-refractivity contribution in [3.63, 3.8) is 0 Å². The number of nitrogens with zero attached hydrogens (tertiary/aromatic N) is 3. The van der Waals surface area contributed by atoms with Crippen LogP contribution in [0.15, 0.2) is 0 Å². The maximum Gasteiger partial charge on any atom is 0.0153 e. The Bertz CT molecular complexity index is 834. The first-order valence-electron chi connectivity index (χ1n) is 17.7. The highest BCUT2D eigenvalue weighted by Crippen LogP contribution is 2.61. The van der Waals surface area contributed by atoms with Gasteiger partial charge in [0.25, 0.3) is 0 Å². The van der Waals surface area contributed by atoms with E-state index in [9.17, 15) is 0 Å². The van der Waals surface area contributed by atoms with Crippen LogP contribution in [-0.4, -0.2) is 71.1 Å². The first-order chi connectivity index (χ1) is 18.4. The SMILES string of the molecule is CC(CCC(C)(C)N1CCC2(CCC2C2CCCC3(CCN(C(C)(C)C)C3)C2)CC1)N1CC2(CCCCC2)C1. The monoisotopic (exact) mass is 540 g/mol. The number of hydrogen-bond donors (Lipinski definition) is 0. The second-order valence-corrected chi connectivity index (χ2v) is 17.9. The maximum absolute atomic E-state index is 2.92. The second-order valence-electron chi connectivity index (χ2n) is 17.9. The Balaban J connectivity index is 0.979. The average Bonchev–Trinajstić information content (AvgIpc) is 3.29. The van der Waals surface area contributed by atoms with Crippen molar-refractivity contribution in [2.75, 3.05) is 39.3 Å². The van der Waals surface area contributed by atoms with Crippen LogP contribution in [-0.2, 0) is 0 Å². The molecule has 3 saturated heterocycles. The fraction of sp³-hybridized carbons (Fsp3) is 1.00. The molecule has 0 aromatic rings. The van der Waals surface area contributed by atoms with Crippen LogP contribution in [0.3, 0.4) is 0 Å². The quantitative estimate of drug-likeness (QED) is 0.336. The Labute approximate surface area is 243 Å². The van der Waals surface area contributed by atoms with Crippen LogP contribution < -0.4 is 0 Å². The molecule has 0 bridgehead atoms. The molecule has 6 rings (SSSR count). The second kappa shape index (κ2) is 10.6. The standard InChI is InChI=1S/C36H65N3/c1-29(37-26-35(27-37)14-8-7-9-15-35)12-17-33(5,6)38-23-20-36(21-24-38)18-13-31(36)30-11-10-16-34(25-30)19-22-39(28-34)32(2,3)4/h29-31H,7-28H2,1-6H3. The molecule has 39 heavy (non-hydrogen) atoms. The highest BCUT2D eigenvalue weighted by Gasteiger charge is 2.55. The molecule has 3 heteroatoms. The molecule has 0 N–H and O–H groups in total. The summed E-state index contributed by atoms with van der Waals surface area (Å²) >= 11 is 0. The molecule has 224 valence electrons. The van der Waals surface area contributed by atoms with Crippen LogP contribution in [0.5, 0.6) is 0 Å². The minimum absolute atomic E-state index is 0.346. The molecule has 3 saturated carbocycles. The zero-order valence-electron chi connectivity index (χ0n) is 27.1. The Morgan fingerprint density at radius 2 is 1.36 bits per heavy atom. The molecular weight excluding hydrogens is 474 g/mol. The predicted octanol–water partition coefficient (Wildman–Crippen LogP) is 8.37. The Kier molecular flexibility index (Phi) is 7.84. The zero-order valence-corrected chi connectivity index (χ0v) is 27.1. The van der Waals surface area contributed by atoms with Crippen molar-refractivity contribution < 1.29 is 0 Å². The number of hydrogen-bond acceptors (Lipinski definition) is 3. The summed E-state index contributed by atoms with van der Waals surface area (Å²) in [4.78, 5) is 8.55. The van der Waals surface area contributed by atoms with Gasteiger partial charge in [0.1, 0.15) is 0 Å². The van der Waals surface area contributed by atoms with Crippen molar-refractivity contribution in [3.8, 4) is 0 Å². The van der Waals surface area contributed by atoms with Crippen molar-refractivity contribution in [1.29, 1.82) is 0 Å². The average molecular weight is 540 g/mol. The minimum atomic E-state index is 0.346. The van der Waals surface area contributed by atoms with E-state index >= 15 is 0 Å². The molecule has 0 amide bonds. The fourth-order valence-corrected chi connectivity index (χ4v) is 11.0. The molecule has 6 fully saturated rings. The van der Waals surface area contributed by atoms with Gasteiger partial charge in [0.15, 0.2) is 0 Å². The van der Waals surface area contributed by atoms with E-state index in [1.165, 1.54) is 129 Å². The Morgan fingerprint density at radius 3 is 1.97 bits per heavy atom. The van der Waals surface area contributed by atoms with Crippen LogP contribution in [0.25, 0.3) is 0 Å². The summed E-state index contributed by atoms with van der Waals surface area (Å²) in [5, 5.41) is 0. The molecule has 6 aliphatic rings. The van der Waals surface area contributed by atoms with Gasteiger partial charge in [0.2, 0.25) is 0 Å². The first kappa shape index (κ1) is 29.0. The summed E-state index contributed by atoms with van der Waals surface area (Å²) in [7, 11) is 0. The molecular formula is C36H65N3. The van der Waals surface area contributed by atoms with Crippen LogP contribution >= 0.6 is 0 Å². The Hall–Kier alpha value is -0.120. The zero-order chi connectivity index (χ0) is 27.5. The topological polar surface area (TPSA) is 9.72 Å². The lowest BCUT2D eigenvalue weighted by Crippen LogP contribution is -2.60. The highest BCUT2D eigenvalue weighted by atomic mass is 15.2. The minimum Gasteiger partial charge on any atom is -0.299 e. The molecule has 0 aromatic carbocycles. The molecule has 3 aliphatic carbocycles. The summed E-state index contributed by atoms with van der Waals surface area (Å²) in [5.41, 5.74) is 2.79. The number of likely N-dealkylation sites (tertiary alicyclic amines) is 3. The van der Waals surface area contributed by atoms with Gasteiger partial charge in [-0.25, -0.2) is 0 Å². The summed E-state index contributed by atoms with van der Waals surface area (Å²) in [6, 6.07) is 0.771. The van der Waals surface area contributed by atoms with Gasteiger partial charge in [-0.3, -0.25) is 14.7 Å². The van der Waals surface area contributed by atoms with Crippen LogP contribution in [0.1, 0.15) is 144 Å². The largest absolute Gasteiger partial charge is 0.299 e. The molecule has 3 heterocycles. The van der Waals surface area contributed by atoms with E-state index in [0.717, 1.165) is 23.3 Å². The molecule has 4 atom stereocenters. The van der Waals surface area contributed by atoms with Crippen molar-refractivity contribution >= 4 is 0 Å². The van der Waals surface area contributed by atoms with Crippen LogP contribution in [0.4, 0.5) is 0 Å². The molecule has 3 aliphatic heterocycles. The van der Waals surface area contributed by atoms with Gasteiger partial charge in [-0.05, 0) is 160 Å². The summed E-state index contributed by atoms with van der Waals surface area (Å²) < 4.78 is 0. The predicted molar refractivity (Wildman–Crippen MR) is 166 cm³/mol. The normalized spacial score (nSPS) is 36.8. The molecule has 4 unspecified atom stereocenters. The van der Waals surface area contributed by atoms with Gasteiger partial charge >= 0.3 is 0 Å². The number of rotatable bonds is 6. The third-order valence-corrected chi connectivity index (χ3v) is 14.1. The lowest BCUT2D eigenvalue weighted by atomic mass is 9.48. The summed E-state index contributed by atoms with van der Waals surface area (Å²) in [6.07, 6.45) is 23.9. The maximum atomic E-state index is 2.92. The summed E-state index contributed by atoms with van der Waals surface area (Å²) in [6.45, 7) is 23.2. The van der Waals surface area contributed by atoms with Crippen molar-refractivity contribution in [2.24, 2.45) is 28.1 Å². The van der Waals surface area contributed by atoms with Crippen LogP contribution in [0.2, 0.25) is 0 Å². The van der Waals surface area contributed by atoms with E-state index in [2.05, 4.69) is 56.2 Å². The van der Waals surface area contributed by atoms with Crippen molar-refractivity contribution in [1.82, 2.24) is 14.7 Å². The van der Waals surface area contributed by atoms with E-state index in [-0.39, 0.29) is 0 Å². The van der Waals surface area contributed by atoms with Crippen LogP contribution in [0, 0.1) is 28.1 Å². The van der Waals surface area contributed by atoms with E-state index in [4.69, 9.17) is 0 Å². The lowest BCUT2D eigenvalue weighted by Gasteiger charge is -2.60. The third-order valence-electron chi connectivity index (χ3n) is 14.1. The van der Waals surface area contributed by atoms with Gasteiger partial charge < -0.3 is 0 Å². The van der Waals surface area contributed by atoms with E-state index in [1.54, 1.807) is 12.8 Å². The molecule has 0 radical (unpaired) electrons. The van der Waals surface area contributed by atoms with E-state index in [0.29, 0.717) is 21.9 Å². The van der Waals surface area contributed by atoms with E-state index in [1.807, 2.05) is 0 Å². The smallest absolute Gasteiger partial charge is 0.0153 e. The molecule has 3 nitrogen and oxygen atoms in total. The van der Waals surface area contributed by atoms with Gasteiger partial charge in [-0.1, -0.05) is 32.1 Å². The summed E-state index contributed by atoms with van der Waals surface area (Å²) in [5.74, 6) is 2.07. The van der Waals surface area contributed by atoms with Gasteiger partial charge in [-0.2, -0.15) is 0 Å². The fourth-order valence-electron chi connectivity index (χ4n) is 11.0. The number of piperidine rings is 1. The highest BCUT2D eigenvalue weighted by molar-refractivity contribution is 5.06. The van der Waals surface area contributed by atoms with Gasteiger partial charge in [0.05, 0.1) is 0 Å². The van der Waals surface area contributed by atoms with Crippen molar-refractivity contribution in [2.45, 2.75) is 161 Å². The van der Waals surface area contributed by atoms with Crippen molar-refractivity contribution in [3.05, 3.63) is 0 Å². The first-order valence-corrected chi connectivity index (χ1v) is 17.7. The Morgan fingerprint density at radius 1 is 0.692 bits per heavy atom. The molecule has 0 aromatic heterocycles. The third kappa shape index (κ3) is 5.65. The molecule has 3 spiro atoms. The van der Waals surface area contributed by atoms with Gasteiger partial charge in [0, 0.05) is 36.8 Å². The van der Waals surface area contributed by atoms with Gasteiger partial charge in [-0.15, -0.1) is 0 Å².